The summed E-state index contributed by atoms with van der Waals surface area (Å²) in [4.78, 5) is 29.6. The van der Waals surface area contributed by atoms with Gasteiger partial charge >= 0.3 is 0 Å². The molecule has 0 spiro atoms. The van der Waals surface area contributed by atoms with E-state index in [1.54, 1.807) is 6.07 Å². The molecule has 1 fully saturated rings. The molecule has 0 radical (unpaired) electrons. The Morgan fingerprint density at radius 2 is 1.79 bits per heavy atom. The number of para-hydroxylation sites is 2. The number of piperazine rings is 1. The van der Waals surface area contributed by atoms with E-state index in [-0.39, 0.29) is 28.8 Å². The SMILES string of the molecule is N#Cc1ccccc1N1CCN(C(=O)Cn2cc(/C=N/NC(=O)c3ccc(O)c(Cl)c3)c3ccccc32)CC1. The summed E-state index contributed by atoms with van der Waals surface area (Å²) in [6.07, 6.45) is 3.38. The van der Waals surface area contributed by atoms with Crippen LogP contribution in [0.5, 0.6) is 5.75 Å². The van der Waals surface area contributed by atoms with E-state index in [0.29, 0.717) is 31.7 Å². The number of phenols is 1. The molecule has 3 aromatic carbocycles. The summed E-state index contributed by atoms with van der Waals surface area (Å²) in [5.74, 6) is -0.571. The van der Waals surface area contributed by atoms with Crippen molar-refractivity contribution in [3.8, 4) is 11.8 Å². The molecule has 2 heterocycles. The topological polar surface area (TPSA) is 114 Å². The third-order valence-electron chi connectivity index (χ3n) is 6.70. The molecule has 0 unspecified atom stereocenters. The maximum absolute atomic E-state index is 13.2. The van der Waals surface area contributed by atoms with Crippen LogP contribution >= 0.6 is 11.6 Å². The van der Waals surface area contributed by atoms with Crippen molar-refractivity contribution in [3.63, 3.8) is 0 Å². The van der Waals surface area contributed by atoms with Crippen LogP contribution in [0.4, 0.5) is 5.69 Å². The van der Waals surface area contributed by atoms with Crippen LogP contribution in [0, 0.1) is 11.3 Å². The first kappa shape index (κ1) is 25.8. The van der Waals surface area contributed by atoms with Crippen LogP contribution in [0.15, 0.2) is 78.0 Å². The average Bonchev–Trinajstić information content (AvgIpc) is 3.31. The molecule has 1 aliphatic heterocycles. The van der Waals surface area contributed by atoms with Gasteiger partial charge in [0, 0.05) is 54.4 Å². The lowest BCUT2D eigenvalue weighted by Gasteiger charge is -2.36. The summed E-state index contributed by atoms with van der Waals surface area (Å²) in [7, 11) is 0. The van der Waals surface area contributed by atoms with E-state index in [1.165, 1.54) is 24.4 Å². The number of hydrogen-bond donors (Lipinski definition) is 2. The summed E-state index contributed by atoms with van der Waals surface area (Å²) in [5.41, 5.74) is 5.89. The normalized spacial score (nSPS) is 13.5. The number of aromatic nitrogens is 1. The molecule has 1 aromatic heterocycles. The monoisotopic (exact) mass is 540 g/mol. The maximum Gasteiger partial charge on any atom is 0.271 e. The standard InChI is InChI=1S/C29H25ClN6O3/c30-24-15-20(9-10-27(24)37)29(39)33-32-17-22-18-36(26-8-4-2-6-23(22)26)19-28(38)35-13-11-34(12-14-35)25-7-3-1-5-21(25)16-31/h1-10,15,17-18,37H,11-14,19H2,(H,33,39)/b32-17+. The van der Waals surface area contributed by atoms with E-state index in [1.807, 2.05) is 58.1 Å². The number of nitriles is 1. The predicted molar refractivity (Wildman–Crippen MR) is 150 cm³/mol. The van der Waals surface area contributed by atoms with Crippen molar-refractivity contribution in [1.29, 1.82) is 5.26 Å². The van der Waals surface area contributed by atoms with Crippen molar-refractivity contribution >= 4 is 46.2 Å². The lowest BCUT2D eigenvalue weighted by Crippen LogP contribution is -2.49. The van der Waals surface area contributed by atoms with Crippen molar-refractivity contribution < 1.29 is 14.7 Å². The molecule has 5 rings (SSSR count). The molecule has 196 valence electrons. The van der Waals surface area contributed by atoms with Crippen molar-refractivity contribution in [1.82, 2.24) is 14.9 Å². The zero-order valence-electron chi connectivity index (χ0n) is 20.9. The molecule has 0 bridgehead atoms. The van der Waals surface area contributed by atoms with E-state index >= 15 is 0 Å². The minimum absolute atomic E-state index is 0.00460. The molecular formula is C29H25ClN6O3. The third kappa shape index (κ3) is 5.56. The Hall–Kier alpha value is -4.81. The van der Waals surface area contributed by atoms with Crippen LogP contribution in [-0.4, -0.2) is 58.8 Å². The number of halogens is 1. The molecule has 1 saturated heterocycles. The molecule has 0 aliphatic carbocycles. The summed E-state index contributed by atoms with van der Waals surface area (Å²) in [5, 5.41) is 24.0. The molecule has 1 aliphatic rings. The maximum atomic E-state index is 13.2. The van der Waals surface area contributed by atoms with E-state index in [4.69, 9.17) is 11.6 Å². The number of phenolic OH excluding ortho intramolecular Hbond substituents is 1. The van der Waals surface area contributed by atoms with Crippen LogP contribution in [0.1, 0.15) is 21.5 Å². The number of aromatic hydroxyl groups is 1. The second-order valence-corrected chi connectivity index (χ2v) is 9.50. The summed E-state index contributed by atoms with van der Waals surface area (Å²) >= 11 is 5.88. The van der Waals surface area contributed by atoms with Crippen LogP contribution in [0.3, 0.4) is 0 Å². The Kier molecular flexibility index (Phi) is 7.48. The van der Waals surface area contributed by atoms with Gasteiger partial charge in [-0.15, -0.1) is 0 Å². The molecular weight excluding hydrogens is 516 g/mol. The minimum atomic E-state index is -0.469. The number of carbonyl (C=O) groups is 2. The van der Waals surface area contributed by atoms with Gasteiger partial charge in [0.2, 0.25) is 5.91 Å². The number of hydrazone groups is 1. The fraction of sp³-hybridized carbons (Fsp3) is 0.172. The van der Waals surface area contributed by atoms with E-state index in [9.17, 15) is 20.0 Å². The summed E-state index contributed by atoms with van der Waals surface area (Å²) in [6, 6.07) is 21.6. The molecule has 10 heteroatoms. The van der Waals surface area contributed by atoms with Gasteiger partial charge in [0.25, 0.3) is 5.91 Å². The van der Waals surface area contributed by atoms with E-state index in [0.717, 1.165) is 22.2 Å². The Balaban J connectivity index is 1.25. The van der Waals surface area contributed by atoms with E-state index < -0.39 is 5.91 Å². The molecule has 4 aromatic rings. The van der Waals surface area contributed by atoms with Crippen LogP contribution in [0.2, 0.25) is 5.02 Å². The molecule has 0 atom stereocenters. The van der Waals surface area contributed by atoms with Gasteiger partial charge in [-0.3, -0.25) is 9.59 Å². The van der Waals surface area contributed by atoms with Gasteiger partial charge < -0.3 is 19.5 Å². The number of nitrogens with zero attached hydrogens (tertiary/aromatic N) is 5. The van der Waals surface area contributed by atoms with Gasteiger partial charge in [-0.1, -0.05) is 41.9 Å². The molecule has 0 saturated carbocycles. The molecule has 2 amide bonds. The molecule has 9 nitrogen and oxygen atoms in total. The number of carbonyl (C=O) groups excluding carboxylic acids is 2. The molecule has 2 N–H and O–H groups in total. The Labute approximate surface area is 230 Å². The highest BCUT2D eigenvalue weighted by Crippen LogP contribution is 2.24. The van der Waals surface area contributed by atoms with Crippen molar-refractivity contribution in [3.05, 3.63) is 94.6 Å². The highest BCUT2D eigenvalue weighted by Gasteiger charge is 2.23. The number of hydrogen-bond acceptors (Lipinski definition) is 6. The smallest absolute Gasteiger partial charge is 0.271 e. The zero-order chi connectivity index (χ0) is 27.4. The third-order valence-corrected chi connectivity index (χ3v) is 7.00. The van der Waals surface area contributed by atoms with Gasteiger partial charge in [0.1, 0.15) is 18.4 Å². The van der Waals surface area contributed by atoms with Crippen molar-refractivity contribution in [2.75, 3.05) is 31.1 Å². The number of fused-ring (bicyclic) bond motifs is 1. The first-order valence-electron chi connectivity index (χ1n) is 12.4. The Morgan fingerprint density at radius 3 is 2.56 bits per heavy atom. The quantitative estimate of drug-likeness (QED) is 0.283. The summed E-state index contributed by atoms with van der Waals surface area (Å²) in [6.45, 7) is 2.61. The minimum Gasteiger partial charge on any atom is -0.506 e. The van der Waals surface area contributed by atoms with Crippen molar-refractivity contribution in [2.24, 2.45) is 5.10 Å². The second kappa shape index (κ2) is 11.3. The fourth-order valence-electron chi connectivity index (χ4n) is 4.67. The Bertz CT molecular complexity index is 1620. The zero-order valence-corrected chi connectivity index (χ0v) is 21.7. The second-order valence-electron chi connectivity index (χ2n) is 9.09. The number of amides is 2. The summed E-state index contributed by atoms with van der Waals surface area (Å²) < 4.78 is 1.89. The van der Waals surface area contributed by atoms with Gasteiger partial charge in [-0.05, 0) is 36.4 Å². The highest BCUT2D eigenvalue weighted by molar-refractivity contribution is 6.32. The first-order chi connectivity index (χ1) is 18.9. The predicted octanol–water partition coefficient (Wildman–Crippen LogP) is 3.98. The first-order valence-corrected chi connectivity index (χ1v) is 12.7. The number of nitrogens with one attached hydrogen (secondary N) is 1. The fourth-order valence-corrected chi connectivity index (χ4v) is 4.85. The highest BCUT2D eigenvalue weighted by atomic mass is 35.5. The van der Waals surface area contributed by atoms with E-state index in [2.05, 4.69) is 21.5 Å². The lowest BCUT2D eigenvalue weighted by molar-refractivity contribution is -0.132. The van der Waals surface area contributed by atoms with Gasteiger partial charge in [0.15, 0.2) is 0 Å². The number of anilines is 1. The van der Waals surface area contributed by atoms with Crippen LogP contribution in [0.25, 0.3) is 10.9 Å². The van der Waals surface area contributed by atoms with Crippen LogP contribution < -0.4 is 10.3 Å². The van der Waals surface area contributed by atoms with Gasteiger partial charge in [-0.25, -0.2) is 5.43 Å². The van der Waals surface area contributed by atoms with Gasteiger partial charge in [0.05, 0.1) is 22.5 Å². The Morgan fingerprint density at radius 1 is 1.05 bits per heavy atom. The van der Waals surface area contributed by atoms with Gasteiger partial charge in [-0.2, -0.15) is 10.4 Å². The number of rotatable bonds is 6. The largest absolute Gasteiger partial charge is 0.506 e. The molecule has 39 heavy (non-hydrogen) atoms. The average molecular weight is 541 g/mol. The van der Waals surface area contributed by atoms with Crippen LogP contribution in [-0.2, 0) is 11.3 Å². The lowest BCUT2D eigenvalue weighted by atomic mass is 10.1. The number of benzene rings is 3. The van der Waals surface area contributed by atoms with Crippen molar-refractivity contribution in [2.45, 2.75) is 6.54 Å².